The third-order valence-electron chi connectivity index (χ3n) is 5.04. The Balaban J connectivity index is 1.51. The third-order valence-corrected chi connectivity index (χ3v) is 7.13. The number of nitrogens with zero attached hydrogens (tertiary/aromatic N) is 3. The normalized spacial score (nSPS) is 10.9. The van der Waals surface area contributed by atoms with Crippen LogP contribution in [0.15, 0.2) is 59.1 Å². The molecule has 1 amide bonds. The van der Waals surface area contributed by atoms with E-state index < -0.39 is 5.97 Å². The Bertz CT molecular complexity index is 1370. The zero-order chi connectivity index (χ0) is 24.9. The first-order chi connectivity index (χ1) is 16.9. The molecule has 7 nitrogen and oxygen atoms in total. The lowest BCUT2D eigenvalue weighted by Gasteiger charge is -2.09. The largest absolute Gasteiger partial charge is 0.465 e. The van der Waals surface area contributed by atoms with Crippen LogP contribution in [0.1, 0.15) is 17.3 Å². The maximum Gasteiger partial charge on any atom is 0.341 e. The summed E-state index contributed by atoms with van der Waals surface area (Å²) in [5.74, 6) is -0.577. The van der Waals surface area contributed by atoms with Gasteiger partial charge in [-0.1, -0.05) is 47.6 Å². The third kappa shape index (κ3) is 5.55. The van der Waals surface area contributed by atoms with E-state index in [1.54, 1.807) is 23.6 Å². The standard InChI is InChI=1S/C24H20ClFN4O3S2/c1-3-30-21(15-5-4-6-16(25)11-15)28-29-24(30)35-13-19(31)27-22-20(23(32)33-2)18(12-34-22)14-7-9-17(26)10-8-14/h4-12H,3,13H2,1-2H3,(H,27,31). The quantitative estimate of drug-likeness (QED) is 0.222. The van der Waals surface area contributed by atoms with Crippen molar-refractivity contribution in [1.82, 2.24) is 14.8 Å². The van der Waals surface area contributed by atoms with Crippen LogP contribution in [0, 0.1) is 5.82 Å². The van der Waals surface area contributed by atoms with Crippen molar-refractivity contribution in [3.05, 3.63) is 70.3 Å². The number of carbonyl (C=O) groups excluding carboxylic acids is 2. The number of amides is 1. The van der Waals surface area contributed by atoms with Crippen molar-refractivity contribution >= 4 is 51.6 Å². The molecule has 180 valence electrons. The van der Waals surface area contributed by atoms with Gasteiger partial charge in [-0.2, -0.15) is 0 Å². The highest BCUT2D eigenvalue weighted by Gasteiger charge is 2.23. The van der Waals surface area contributed by atoms with Gasteiger partial charge >= 0.3 is 5.97 Å². The maximum atomic E-state index is 13.3. The van der Waals surface area contributed by atoms with E-state index in [9.17, 15) is 14.0 Å². The molecule has 0 bridgehead atoms. The number of thioether (sulfide) groups is 1. The van der Waals surface area contributed by atoms with Crippen LogP contribution in [-0.2, 0) is 16.1 Å². The van der Waals surface area contributed by atoms with Gasteiger partial charge in [-0.25, -0.2) is 9.18 Å². The van der Waals surface area contributed by atoms with Crippen LogP contribution in [0.3, 0.4) is 0 Å². The molecule has 11 heteroatoms. The number of rotatable bonds is 8. The van der Waals surface area contributed by atoms with Crippen LogP contribution >= 0.6 is 34.7 Å². The molecule has 0 atom stereocenters. The summed E-state index contributed by atoms with van der Waals surface area (Å²) in [4.78, 5) is 25.2. The Hall–Kier alpha value is -3.21. The van der Waals surface area contributed by atoms with Gasteiger partial charge in [-0.15, -0.1) is 21.5 Å². The molecule has 1 N–H and O–H groups in total. The number of anilines is 1. The van der Waals surface area contributed by atoms with Gasteiger partial charge in [0.1, 0.15) is 16.4 Å². The number of benzene rings is 2. The van der Waals surface area contributed by atoms with Crippen molar-refractivity contribution in [2.45, 2.75) is 18.6 Å². The molecular formula is C24H20ClFN4O3S2. The Labute approximate surface area is 214 Å². The minimum Gasteiger partial charge on any atom is -0.465 e. The van der Waals surface area contributed by atoms with Gasteiger partial charge in [0.05, 0.1) is 12.9 Å². The number of halogens is 2. The second-order valence-corrected chi connectivity index (χ2v) is 9.51. The van der Waals surface area contributed by atoms with Gasteiger partial charge in [0, 0.05) is 28.1 Å². The number of hydrogen-bond acceptors (Lipinski definition) is 7. The summed E-state index contributed by atoms with van der Waals surface area (Å²) in [6.45, 7) is 2.57. The summed E-state index contributed by atoms with van der Waals surface area (Å²) < 4.78 is 20.2. The molecule has 0 saturated carbocycles. The lowest BCUT2D eigenvalue weighted by atomic mass is 10.0. The fraction of sp³-hybridized carbons (Fsp3) is 0.167. The highest BCUT2D eigenvalue weighted by atomic mass is 35.5. The van der Waals surface area contributed by atoms with Gasteiger partial charge in [0.2, 0.25) is 5.91 Å². The number of ether oxygens (including phenoxy) is 1. The first kappa shape index (κ1) is 24.9. The van der Waals surface area contributed by atoms with Crippen molar-refractivity contribution in [1.29, 1.82) is 0 Å². The monoisotopic (exact) mass is 530 g/mol. The van der Waals surface area contributed by atoms with E-state index in [-0.39, 0.29) is 23.0 Å². The summed E-state index contributed by atoms with van der Waals surface area (Å²) >= 11 is 8.54. The topological polar surface area (TPSA) is 86.1 Å². The van der Waals surface area contributed by atoms with Crippen LogP contribution in [0.25, 0.3) is 22.5 Å². The van der Waals surface area contributed by atoms with E-state index in [0.29, 0.717) is 38.7 Å². The van der Waals surface area contributed by atoms with E-state index in [2.05, 4.69) is 15.5 Å². The number of esters is 1. The van der Waals surface area contributed by atoms with E-state index in [1.807, 2.05) is 29.7 Å². The predicted octanol–water partition coefficient (Wildman–Crippen LogP) is 6.00. The van der Waals surface area contributed by atoms with E-state index in [0.717, 1.165) is 5.56 Å². The SMILES string of the molecule is CCn1c(SCC(=O)Nc2scc(-c3ccc(F)cc3)c2C(=O)OC)nnc1-c1cccc(Cl)c1. The predicted molar refractivity (Wildman–Crippen MR) is 137 cm³/mol. The molecule has 0 unspecified atom stereocenters. The van der Waals surface area contributed by atoms with Crippen molar-refractivity contribution in [3.8, 4) is 22.5 Å². The maximum absolute atomic E-state index is 13.3. The zero-order valence-electron chi connectivity index (χ0n) is 18.7. The lowest BCUT2D eigenvalue weighted by molar-refractivity contribution is -0.113. The Morgan fingerprint density at radius 3 is 2.63 bits per heavy atom. The molecule has 2 aromatic carbocycles. The minimum atomic E-state index is -0.592. The van der Waals surface area contributed by atoms with Crippen molar-refractivity contribution in [2.24, 2.45) is 0 Å². The van der Waals surface area contributed by atoms with Crippen LogP contribution in [0.2, 0.25) is 5.02 Å². The number of hydrogen-bond donors (Lipinski definition) is 1. The molecule has 0 radical (unpaired) electrons. The number of aromatic nitrogens is 3. The molecule has 2 heterocycles. The lowest BCUT2D eigenvalue weighted by Crippen LogP contribution is -2.16. The number of carbonyl (C=O) groups is 2. The van der Waals surface area contributed by atoms with Crippen molar-refractivity contribution < 1.29 is 18.7 Å². The van der Waals surface area contributed by atoms with Gasteiger partial charge in [-0.05, 0) is 36.8 Å². The smallest absolute Gasteiger partial charge is 0.341 e. The highest BCUT2D eigenvalue weighted by Crippen LogP contribution is 2.36. The minimum absolute atomic E-state index is 0.0536. The van der Waals surface area contributed by atoms with Crippen LogP contribution in [-0.4, -0.2) is 39.5 Å². The Morgan fingerprint density at radius 1 is 1.17 bits per heavy atom. The number of nitrogens with one attached hydrogen (secondary N) is 1. The Kier molecular flexibility index (Phi) is 7.84. The molecule has 4 rings (SSSR count). The summed E-state index contributed by atoms with van der Waals surface area (Å²) in [6, 6.07) is 13.1. The summed E-state index contributed by atoms with van der Waals surface area (Å²) in [6.07, 6.45) is 0. The fourth-order valence-electron chi connectivity index (χ4n) is 3.41. The van der Waals surface area contributed by atoms with Crippen LogP contribution in [0.5, 0.6) is 0 Å². The van der Waals surface area contributed by atoms with E-state index in [1.165, 1.54) is 42.3 Å². The first-order valence-electron chi connectivity index (χ1n) is 10.5. The summed E-state index contributed by atoms with van der Waals surface area (Å²) in [5.41, 5.74) is 2.25. The summed E-state index contributed by atoms with van der Waals surface area (Å²) in [7, 11) is 1.27. The van der Waals surface area contributed by atoms with Crippen molar-refractivity contribution in [2.75, 3.05) is 18.2 Å². The molecule has 0 fully saturated rings. The molecule has 0 saturated heterocycles. The summed E-state index contributed by atoms with van der Waals surface area (Å²) in [5, 5.41) is 14.6. The molecular weight excluding hydrogens is 511 g/mol. The fourth-order valence-corrected chi connectivity index (χ4v) is 5.38. The van der Waals surface area contributed by atoms with Gasteiger partial charge < -0.3 is 14.6 Å². The first-order valence-corrected chi connectivity index (χ1v) is 12.7. The molecule has 0 aliphatic rings. The van der Waals surface area contributed by atoms with E-state index >= 15 is 0 Å². The number of thiophene rings is 1. The average Bonchev–Trinajstić information content (AvgIpc) is 3.46. The van der Waals surface area contributed by atoms with E-state index in [4.69, 9.17) is 16.3 Å². The zero-order valence-corrected chi connectivity index (χ0v) is 21.1. The molecule has 4 aromatic rings. The van der Waals surface area contributed by atoms with Crippen molar-refractivity contribution in [3.63, 3.8) is 0 Å². The number of methoxy groups -OCH3 is 1. The second kappa shape index (κ2) is 11.0. The second-order valence-electron chi connectivity index (χ2n) is 7.25. The van der Waals surface area contributed by atoms with Gasteiger partial charge in [0.25, 0.3) is 0 Å². The van der Waals surface area contributed by atoms with Gasteiger partial charge in [0.15, 0.2) is 11.0 Å². The Morgan fingerprint density at radius 2 is 1.94 bits per heavy atom. The molecule has 0 aliphatic heterocycles. The van der Waals surface area contributed by atoms with Crippen LogP contribution in [0.4, 0.5) is 9.39 Å². The molecule has 35 heavy (non-hydrogen) atoms. The van der Waals surface area contributed by atoms with Crippen LogP contribution < -0.4 is 5.32 Å². The molecule has 2 aromatic heterocycles. The molecule has 0 aliphatic carbocycles. The average molecular weight is 531 g/mol. The van der Waals surface area contributed by atoms with Gasteiger partial charge in [-0.3, -0.25) is 4.79 Å². The highest BCUT2D eigenvalue weighted by molar-refractivity contribution is 7.99. The molecule has 0 spiro atoms.